The van der Waals surface area contributed by atoms with Crippen molar-refractivity contribution in [2.45, 2.75) is 52.5 Å². The van der Waals surface area contributed by atoms with Crippen LogP contribution in [0.1, 0.15) is 50.7 Å². The maximum atomic E-state index is 10.6. The van der Waals surface area contributed by atoms with Crippen LogP contribution in [0, 0.1) is 0 Å². The Balaban J connectivity index is 2.46. The first-order chi connectivity index (χ1) is 9.65. The molecule has 0 bridgehead atoms. The van der Waals surface area contributed by atoms with Crippen molar-refractivity contribution in [3.63, 3.8) is 0 Å². The molecule has 0 aliphatic heterocycles. The maximum Gasteiger partial charge on any atom is 0.515 e. The van der Waals surface area contributed by atoms with Gasteiger partial charge in [-0.3, -0.25) is 4.90 Å². The van der Waals surface area contributed by atoms with E-state index < -0.39 is 5.97 Å². The molecule has 0 heterocycles. The van der Waals surface area contributed by atoms with E-state index in [1.807, 2.05) is 0 Å². The van der Waals surface area contributed by atoms with Crippen LogP contribution in [0.4, 0.5) is 0 Å². The number of hydrogen-bond acceptors (Lipinski definition) is 2. The Morgan fingerprint density at radius 3 is 2.10 bits per heavy atom. The Morgan fingerprint density at radius 2 is 1.60 bits per heavy atom. The first-order valence-electron chi connectivity index (χ1n) is 7.70. The lowest BCUT2D eigenvalue weighted by Gasteiger charge is -2.21. The molecule has 1 rings (SSSR count). The molecule has 20 heavy (non-hydrogen) atoms. The Kier molecular flexibility index (Phi) is 7.97. The van der Waals surface area contributed by atoms with Crippen molar-refractivity contribution in [2.75, 3.05) is 13.1 Å². The molecule has 3 heteroatoms. The second-order valence-corrected chi connectivity index (χ2v) is 5.37. The monoisotopic (exact) mass is 278 g/mol. The third-order valence-corrected chi connectivity index (χ3v) is 3.38. The predicted molar refractivity (Wildman–Crippen MR) is 83.9 cm³/mol. The number of aryl methyl sites for hydroxylation is 1. The number of benzene rings is 1. The van der Waals surface area contributed by atoms with Gasteiger partial charge in [0.2, 0.25) is 0 Å². The van der Waals surface area contributed by atoms with E-state index in [1.54, 1.807) is 0 Å². The molecule has 112 valence electrons. The summed E-state index contributed by atoms with van der Waals surface area (Å²) in [5, 5.41) is 6.89. The highest BCUT2D eigenvalue weighted by molar-refractivity contribution is 5.66. The molecule has 0 aliphatic carbocycles. The van der Waals surface area contributed by atoms with Crippen molar-refractivity contribution in [1.29, 1.82) is 0 Å². The van der Waals surface area contributed by atoms with E-state index in [4.69, 9.17) is 5.11 Å². The molecule has 1 aromatic rings. The molecule has 0 unspecified atom stereocenters. The molecule has 0 aliphatic rings. The van der Waals surface area contributed by atoms with Gasteiger partial charge < -0.3 is 5.11 Å². The minimum Gasteiger partial charge on any atom is -0.565 e. The summed E-state index contributed by atoms with van der Waals surface area (Å²) >= 11 is 0. The molecule has 0 atom stereocenters. The van der Waals surface area contributed by atoms with Gasteiger partial charge in [-0.15, -0.1) is 0 Å². The Labute approximate surface area is 122 Å². The van der Waals surface area contributed by atoms with Crippen molar-refractivity contribution in [1.82, 2.24) is 4.90 Å². The summed E-state index contributed by atoms with van der Waals surface area (Å²) in [6.45, 7) is 7.77. The number of nitrogens with zero attached hydrogens (tertiary/aromatic N) is 1. The lowest BCUT2D eigenvalue weighted by Crippen LogP contribution is -2.24. The van der Waals surface area contributed by atoms with Crippen molar-refractivity contribution >= 4 is 5.97 Å². The lowest BCUT2D eigenvalue weighted by molar-refractivity contribution is -0.137. The standard InChI is InChI=1S/C17H27NO2/c1-3-12-18(13-4-2)14-16-10-8-15(9-11-16)6-5-7-17(19)20/h8-11H,3-7,12-14H2,1-2H3,(H,19,20)/p+1. The van der Waals surface area contributed by atoms with Gasteiger partial charge in [-0.05, 0) is 49.9 Å². The summed E-state index contributed by atoms with van der Waals surface area (Å²) in [5.74, 6) is -0.462. The highest BCUT2D eigenvalue weighted by Crippen LogP contribution is 2.11. The average Bonchev–Trinajstić information content (AvgIpc) is 2.41. The van der Waals surface area contributed by atoms with Crippen molar-refractivity contribution in [2.24, 2.45) is 0 Å². The summed E-state index contributed by atoms with van der Waals surface area (Å²) in [6.07, 6.45) is 4.42. The zero-order chi connectivity index (χ0) is 14.8. The molecule has 0 aromatic heterocycles. The molecule has 0 saturated heterocycles. The quantitative estimate of drug-likeness (QED) is 0.618. The fourth-order valence-electron chi connectivity index (χ4n) is 2.42. The van der Waals surface area contributed by atoms with E-state index in [9.17, 15) is 4.79 Å². The summed E-state index contributed by atoms with van der Waals surface area (Å²) in [4.78, 5) is 13.1. The van der Waals surface area contributed by atoms with Crippen LogP contribution in [0.2, 0.25) is 0 Å². The Hall–Kier alpha value is -1.35. The van der Waals surface area contributed by atoms with Gasteiger partial charge in [0.1, 0.15) is 6.42 Å². The molecule has 1 aromatic carbocycles. The van der Waals surface area contributed by atoms with E-state index >= 15 is 0 Å². The molecule has 0 radical (unpaired) electrons. The fourth-order valence-corrected chi connectivity index (χ4v) is 2.42. The molecular formula is C17H28NO2+. The van der Waals surface area contributed by atoms with Crippen LogP contribution in [-0.4, -0.2) is 29.1 Å². The molecule has 0 amide bonds. The van der Waals surface area contributed by atoms with Gasteiger partial charge in [0.25, 0.3) is 0 Å². The van der Waals surface area contributed by atoms with E-state index in [0.29, 0.717) is 6.42 Å². The highest BCUT2D eigenvalue weighted by Gasteiger charge is 2.06. The normalized spacial score (nSPS) is 10.9. The van der Waals surface area contributed by atoms with Gasteiger partial charge in [-0.2, -0.15) is 0 Å². The third-order valence-electron chi connectivity index (χ3n) is 3.38. The maximum absolute atomic E-state index is 10.6. The Morgan fingerprint density at radius 1 is 1.05 bits per heavy atom. The van der Waals surface area contributed by atoms with Gasteiger partial charge in [-0.25, -0.2) is 0 Å². The molecule has 0 fully saturated rings. The number of carbonyl (C=O) groups excluding carboxylic acids is 1. The lowest BCUT2D eigenvalue weighted by atomic mass is 10.1. The van der Waals surface area contributed by atoms with Gasteiger partial charge in [-0.1, -0.05) is 38.1 Å². The fraction of sp³-hybridized carbons (Fsp3) is 0.588. The van der Waals surface area contributed by atoms with Crippen molar-refractivity contribution < 1.29 is 9.90 Å². The van der Waals surface area contributed by atoms with Crippen LogP contribution in [0.3, 0.4) is 0 Å². The van der Waals surface area contributed by atoms with Crippen LogP contribution in [0.25, 0.3) is 0 Å². The first kappa shape index (κ1) is 16.7. The zero-order valence-electron chi connectivity index (χ0n) is 12.8. The van der Waals surface area contributed by atoms with E-state index in [1.165, 1.54) is 24.0 Å². The first-order valence-corrected chi connectivity index (χ1v) is 7.70. The molecule has 3 nitrogen and oxygen atoms in total. The topological polar surface area (TPSA) is 43.2 Å². The van der Waals surface area contributed by atoms with Gasteiger partial charge in [0.15, 0.2) is 0 Å². The van der Waals surface area contributed by atoms with Crippen molar-refractivity contribution in [3.8, 4) is 0 Å². The van der Waals surface area contributed by atoms with Crippen LogP contribution in [-0.2, 0) is 17.8 Å². The van der Waals surface area contributed by atoms with E-state index in [2.05, 4.69) is 43.0 Å². The van der Waals surface area contributed by atoms with Gasteiger partial charge in [0.05, 0.1) is 0 Å². The van der Waals surface area contributed by atoms with Crippen LogP contribution < -0.4 is 0 Å². The second-order valence-electron chi connectivity index (χ2n) is 5.37. The molecular weight excluding hydrogens is 250 g/mol. The summed E-state index contributed by atoms with van der Waals surface area (Å²) in [7, 11) is 0. The molecule has 2 N–H and O–H groups in total. The summed E-state index contributed by atoms with van der Waals surface area (Å²) in [6, 6.07) is 8.69. The summed E-state index contributed by atoms with van der Waals surface area (Å²) in [5.41, 5.74) is 2.61. The van der Waals surface area contributed by atoms with Crippen LogP contribution >= 0.6 is 0 Å². The van der Waals surface area contributed by atoms with Crippen LogP contribution in [0.15, 0.2) is 24.3 Å². The van der Waals surface area contributed by atoms with E-state index in [-0.39, 0.29) is 0 Å². The Bertz CT molecular complexity index is 380. The largest absolute Gasteiger partial charge is 0.565 e. The average molecular weight is 278 g/mol. The van der Waals surface area contributed by atoms with Crippen molar-refractivity contribution in [3.05, 3.63) is 35.4 Å². The van der Waals surface area contributed by atoms with Crippen LogP contribution in [0.5, 0.6) is 0 Å². The third kappa shape index (κ3) is 6.71. The number of carbonyl (C=O) groups is 1. The highest BCUT2D eigenvalue weighted by atomic mass is 16.4. The van der Waals surface area contributed by atoms with E-state index in [0.717, 1.165) is 32.5 Å². The SMILES string of the molecule is CCCN(CCC)Cc1ccc(CCCC(=O)[OH2+])cc1. The minimum atomic E-state index is -0.462. The number of hydrogen-bond donors (Lipinski definition) is 0. The van der Waals surface area contributed by atoms with Gasteiger partial charge in [0, 0.05) is 11.3 Å². The zero-order valence-corrected chi connectivity index (χ0v) is 12.8. The summed E-state index contributed by atoms with van der Waals surface area (Å²) < 4.78 is 0. The smallest absolute Gasteiger partial charge is 0.515 e. The van der Waals surface area contributed by atoms with Gasteiger partial charge >= 0.3 is 5.97 Å². The minimum absolute atomic E-state index is 0.364. The molecule has 0 saturated carbocycles. The second kappa shape index (κ2) is 9.54. The predicted octanol–water partition coefficient (Wildman–Crippen LogP) is 2.88. The number of rotatable bonds is 10. The molecule has 0 spiro atoms.